The van der Waals surface area contributed by atoms with Crippen molar-refractivity contribution in [2.45, 2.75) is 0 Å². The molecule has 1 aromatic carbocycles. The molecule has 1 aromatic rings. The zero-order valence-electron chi connectivity index (χ0n) is 8.98. The maximum absolute atomic E-state index is 10.8. The quantitative estimate of drug-likeness (QED) is 0.639. The van der Waals surface area contributed by atoms with Crippen LogP contribution in [0.2, 0.25) is 0 Å². The number of hydrogen-bond donors (Lipinski definition) is 4. The summed E-state index contributed by atoms with van der Waals surface area (Å²) in [6.07, 6.45) is 0. The first-order chi connectivity index (χ1) is 8.25. The number of halogens is 1. The van der Waals surface area contributed by atoms with Gasteiger partial charge < -0.3 is 20.4 Å². The monoisotopic (exact) mass is 290 g/mol. The van der Waals surface area contributed by atoms with E-state index in [1.165, 1.54) is 0 Å². The summed E-state index contributed by atoms with van der Waals surface area (Å²) < 4.78 is 0. The van der Waals surface area contributed by atoms with Crippen molar-refractivity contribution in [2.24, 2.45) is 0 Å². The van der Waals surface area contributed by atoms with Gasteiger partial charge in [-0.15, -0.1) is 12.4 Å². The van der Waals surface area contributed by atoms with Crippen LogP contribution in [-0.4, -0.2) is 44.3 Å². The zero-order valence-corrected chi connectivity index (χ0v) is 9.80. The van der Waals surface area contributed by atoms with Crippen molar-refractivity contribution in [2.75, 3.05) is 0 Å². The van der Waals surface area contributed by atoms with Crippen molar-refractivity contribution in [1.82, 2.24) is 0 Å². The van der Waals surface area contributed by atoms with Crippen LogP contribution in [0.1, 0.15) is 41.4 Å². The minimum Gasteiger partial charge on any atom is -0.478 e. The lowest BCUT2D eigenvalue weighted by Crippen LogP contribution is -2.15. The summed E-state index contributed by atoms with van der Waals surface area (Å²) in [6.45, 7) is 0. The molecule has 0 atom stereocenters. The second-order valence-corrected chi connectivity index (χ2v) is 3.16. The molecule has 0 aliphatic rings. The molecule has 0 spiro atoms. The Kier molecular flexibility index (Phi) is 5.02. The van der Waals surface area contributed by atoms with Gasteiger partial charge in [0.25, 0.3) is 0 Å². The Labute approximate surface area is 111 Å². The summed E-state index contributed by atoms with van der Waals surface area (Å²) in [4.78, 5) is 43.1. The Morgan fingerprint density at radius 3 is 0.842 bits per heavy atom. The lowest BCUT2D eigenvalue weighted by molar-refractivity contribution is 0.0637. The molecule has 0 aromatic heterocycles. The maximum Gasteiger partial charge on any atom is 0.336 e. The van der Waals surface area contributed by atoms with Gasteiger partial charge in [-0.2, -0.15) is 0 Å². The first kappa shape index (κ1) is 16.4. The molecule has 102 valence electrons. The summed E-state index contributed by atoms with van der Waals surface area (Å²) >= 11 is 0. The Morgan fingerprint density at radius 1 is 0.579 bits per heavy atom. The molecular weight excluding hydrogens is 284 g/mol. The average molecular weight is 291 g/mol. The molecule has 0 bridgehead atoms. The van der Waals surface area contributed by atoms with Crippen LogP contribution in [0.4, 0.5) is 0 Å². The Hall–Kier alpha value is -2.61. The summed E-state index contributed by atoms with van der Waals surface area (Å²) in [5, 5.41) is 35.0. The van der Waals surface area contributed by atoms with Gasteiger partial charge in [0.15, 0.2) is 0 Å². The Balaban J connectivity index is 0.00000324. The van der Waals surface area contributed by atoms with Crippen LogP contribution in [0.5, 0.6) is 0 Å². The topological polar surface area (TPSA) is 149 Å². The van der Waals surface area contributed by atoms with Gasteiger partial charge in [-0.3, -0.25) is 0 Å². The van der Waals surface area contributed by atoms with Gasteiger partial charge in [-0.05, 0) is 12.1 Å². The SMILES string of the molecule is Cl.O=C(O)c1cc(C(=O)O)c(C(=O)O)cc1C(=O)O. The number of hydrogen-bond acceptors (Lipinski definition) is 4. The fourth-order valence-corrected chi connectivity index (χ4v) is 1.31. The lowest BCUT2D eigenvalue weighted by Gasteiger charge is -2.06. The van der Waals surface area contributed by atoms with Crippen LogP contribution in [-0.2, 0) is 0 Å². The second-order valence-electron chi connectivity index (χ2n) is 3.16. The molecule has 0 radical (unpaired) electrons. The maximum atomic E-state index is 10.8. The largest absolute Gasteiger partial charge is 0.478 e. The smallest absolute Gasteiger partial charge is 0.336 e. The van der Waals surface area contributed by atoms with Crippen molar-refractivity contribution in [1.29, 1.82) is 0 Å². The molecule has 0 fully saturated rings. The summed E-state index contributed by atoms with van der Waals surface area (Å²) in [7, 11) is 0. The highest BCUT2D eigenvalue weighted by Gasteiger charge is 2.24. The first-order valence-electron chi connectivity index (χ1n) is 4.37. The summed E-state index contributed by atoms with van der Waals surface area (Å²) in [5.74, 6) is -6.64. The van der Waals surface area contributed by atoms with E-state index in [2.05, 4.69) is 0 Å². The Morgan fingerprint density at radius 2 is 0.737 bits per heavy atom. The molecule has 19 heavy (non-hydrogen) atoms. The molecule has 0 aliphatic heterocycles. The highest BCUT2D eigenvalue weighted by molar-refractivity contribution is 6.09. The number of aromatic carboxylic acids is 4. The van der Waals surface area contributed by atoms with Gasteiger partial charge in [0.2, 0.25) is 0 Å². The van der Waals surface area contributed by atoms with Gasteiger partial charge in [0.1, 0.15) is 0 Å². The molecule has 0 amide bonds. The molecule has 0 saturated heterocycles. The number of rotatable bonds is 4. The van der Waals surface area contributed by atoms with Gasteiger partial charge in [-0.25, -0.2) is 19.2 Å². The van der Waals surface area contributed by atoms with Crippen molar-refractivity contribution >= 4 is 36.3 Å². The van der Waals surface area contributed by atoms with E-state index in [4.69, 9.17) is 20.4 Å². The van der Waals surface area contributed by atoms with Gasteiger partial charge >= 0.3 is 23.9 Å². The van der Waals surface area contributed by atoms with Gasteiger partial charge in [-0.1, -0.05) is 0 Å². The third-order valence-electron chi connectivity index (χ3n) is 2.08. The molecule has 0 aliphatic carbocycles. The van der Waals surface area contributed by atoms with Gasteiger partial charge in [0.05, 0.1) is 22.3 Å². The van der Waals surface area contributed by atoms with Crippen LogP contribution >= 0.6 is 12.4 Å². The summed E-state index contributed by atoms with van der Waals surface area (Å²) in [6, 6.07) is 1.02. The number of carboxylic acids is 4. The molecule has 9 heteroatoms. The Bertz CT molecular complexity index is 479. The number of carbonyl (C=O) groups is 4. The lowest BCUT2D eigenvalue weighted by atomic mass is 9.98. The van der Waals surface area contributed by atoms with Crippen molar-refractivity contribution in [3.8, 4) is 0 Å². The van der Waals surface area contributed by atoms with Crippen LogP contribution in [0.15, 0.2) is 12.1 Å². The fraction of sp³-hybridized carbons (Fsp3) is 0. The van der Waals surface area contributed by atoms with Crippen molar-refractivity contribution < 1.29 is 39.6 Å². The molecular formula is C10H7ClO8. The molecule has 0 saturated carbocycles. The van der Waals surface area contributed by atoms with E-state index in [0.717, 1.165) is 0 Å². The molecule has 0 heterocycles. The van der Waals surface area contributed by atoms with Crippen LogP contribution < -0.4 is 0 Å². The van der Waals surface area contributed by atoms with Gasteiger partial charge in [0, 0.05) is 0 Å². The van der Waals surface area contributed by atoms with Crippen molar-refractivity contribution in [3.63, 3.8) is 0 Å². The average Bonchev–Trinajstić information content (AvgIpc) is 2.26. The van der Waals surface area contributed by atoms with E-state index in [1.807, 2.05) is 0 Å². The van der Waals surface area contributed by atoms with E-state index in [0.29, 0.717) is 12.1 Å². The third kappa shape index (κ3) is 3.19. The molecule has 0 unspecified atom stereocenters. The number of benzene rings is 1. The first-order valence-corrected chi connectivity index (χ1v) is 4.37. The van der Waals surface area contributed by atoms with E-state index in [1.54, 1.807) is 0 Å². The highest BCUT2D eigenvalue weighted by atomic mass is 35.5. The van der Waals surface area contributed by atoms with E-state index < -0.39 is 46.1 Å². The van der Waals surface area contributed by atoms with E-state index in [-0.39, 0.29) is 12.4 Å². The predicted octanol–water partition coefficient (Wildman–Crippen LogP) is 0.901. The van der Waals surface area contributed by atoms with Crippen LogP contribution in [0, 0.1) is 0 Å². The van der Waals surface area contributed by atoms with E-state index >= 15 is 0 Å². The van der Waals surface area contributed by atoms with E-state index in [9.17, 15) is 19.2 Å². The minimum absolute atomic E-state index is 0. The fourth-order valence-electron chi connectivity index (χ4n) is 1.31. The van der Waals surface area contributed by atoms with Crippen LogP contribution in [0.3, 0.4) is 0 Å². The molecule has 4 N–H and O–H groups in total. The summed E-state index contributed by atoms with van der Waals surface area (Å²) in [5.41, 5.74) is -3.15. The third-order valence-corrected chi connectivity index (χ3v) is 2.08. The minimum atomic E-state index is -1.66. The standard InChI is InChI=1S/C10H6O8.ClH/c11-7(12)3-1-4(8(13)14)6(10(17)18)2-5(3)9(15)16;/h1-2H,(H,11,12)(H,13,14)(H,15,16)(H,17,18);1H. The predicted molar refractivity (Wildman–Crippen MR) is 61.5 cm³/mol. The zero-order chi connectivity index (χ0) is 14.0. The number of carboxylic acid groups (broad SMARTS) is 4. The van der Waals surface area contributed by atoms with Crippen molar-refractivity contribution in [3.05, 3.63) is 34.4 Å². The highest BCUT2D eigenvalue weighted by Crippen LogP contribution is 2.18. The normalized spacial score (nSPS) is 9.26. The molecule has 8 nitrogen and oxygen atoms in total. The molecule has 1 rings (SSSR count). The second kappa shape index (κ2) is 5.83. The van der Waals surface area contributed by atoms with Crippen LogP contribution in [0.25, 0.3) is 0 Å².